The van der Waals surface area contributed by atoms with Crippen molar-refractivity contribution in [1.82, 2.24) is 9.78 Å². The molecule has 0 amide bonds. The maximum Gasteiger partial charge on any atom is 0.252 e. The molecular formula is C19H15ClN2O4. The second kappa shape index (κ2) is 7.01. The molecule has 0 unspecified atom stereocenters. The normalized spacial score (nSPS) is 10.6. The number of rotatable bonds is 4. The van der Waals surface area contributed by atoms with Gasteiger partial charge in [-0.2, -0.15) is 5.10 Å². The number of methoxy groups -OCH3 is 1. The molecule has 3 aromatic rings. The molecule has 132 valence electrons. The summed E-state index contributed by atoms with van der Waals surface area (Å²) in [7, 11) is 1.55. The zero-order chi connectivity index (χ0) is 18.8. The summed E-state index contributed by atoms with van der Waals surface area (Å²) in [4.78, 5) is 23.6. The van der Waals surface area contributed by atoms with Crippen molar-refractivity contribution >= 4 is 17.4 Å². The van der Waals surface area contributed by atoms with Gasteiger partial charge in [0.05, 0.1) is 19.0 Å². The van der Waals surface area contributed by atoms with Crippen molar-refractivity contribution < 1.29 is 14.6 Å². The standard InChI is InChI=1S/C19H15ClN2O4/c1-11(23)18-19(25)17(24)10-22(21-18)16-6-4-3-5-13(16)14-9-12(26-2)7-8-15(14)20/h3-10,24H,1-2H3. The van der Waals surface area contributed by atoms with E-state index in [-0.39, 0.29) is 5.69 Å². The van der Waals surface area contributed by atoms with Gasteiger partial charge >= 0.3 is 0 Å². The van der Waals surface area contributed by atoms with Gasteiger partial charge in [0, 0.05) is 23.1 Å². The molecule has 26 heavy (non-hydrogen) atoms. The van der Waals surface area contributed by atoms with Crippen molar-refractivity contribution in [3.8, 4) is 28.3 Å². The van der Waals surface area contributed by atoms with Crippen molar-refractivity contribution in [2.45, 2.75) is 6.92 Å². The van der Waals surface area contributed by atoms with Gasteiger partial charge in [0.15, 0.2) is 17.2 Å². The summed E-state index contributed by atoms with van der Waals surface area (Å²) >= 11 is 6.35. The molecule has 1 heterocycles. The summed E-state index contributed by atoms with van der Waals surface area (Å²) in [6.07, 6.45) is 1.17. The molecule has 0 aliphatic carbocycles. The van der Waals surface area contributed by atoms with Gasteiger partial charge in [0.25, 0.3) is 5.43 Å². The van der Waals surface area contributed by atoms with Crippen molar-refractivity contribution in [1.29, 1.82) is 0 Å². The Bertz CT molecular complexity index is 1060. The molecule has 0 atom stereocenters. The Labute approximate surface area is 154 Å². The first-order chi connectivity index (χ1) is 12.4. The number of hydrogen-bond donors (Lipinski definition) is 1. The lowest BCUT2D eigenvalue weighted by molar-refractivity contribution is 0.100. The molecule has 0 saturated carbocycles. The van der Waals surface area contributed by atoms with Crippen LogP contribution in [-0.2, 0) is 0 Å². The number of aromatic hydroxyl groups is 1. The van der Waals surface area contributed by atoms with Crippen molar-refractivity contribution in [2.75, 3.05) is 7.11 Å². The van der Waals surface area contributed by atoms with E-state index in [4.69, 9.17) is 16.3 Å². The van der Waals surface area contributed by atoms with Crippen LogP contribution in [0.4, 0.5) is 0 Å². The van der Waals surface area contributed by atoms with Gasteiger partial charge in [-0.25, -0.2) is 4.68 Å². The number of ketones is 1. The number of hydrogen-bond acceptors (Lipinski definition) is 5. The number of nitrogens with zero attached hydrogens (tertiary/aromatic N) is 2. The third-order valence-electron chi connectivity index (χ3n) is 3.85. The van der Waals surface area contributed by atoms with Crippen LogP contribution in [0.5, 0.6) is 11.5 Å². The molecule has 7 heteroatoms. The van der Waals surface area contributed by atoms with Crippen LogP contribution in [0, 0.1) is 0 Å². The number of aromatic nitrogens is 2. The molecule has 2 aromatic carbocycles. The molecule has 0 aliphatic heterocycles. The Kier molecular flexibility index (Phi) is 4.77. The Morgan fingerprint density at radius 3 is 2.62 bits per heavy atom. The quantitative estimate of drug-likeness (QED) is 0.711. The monoisotopic (exact) mass is 370 g/mol. The zero-order valence-corrected chi connectivity index (χ0v) is 14.8. The summed E-state index contributed by atoms with van der Waals surface area (Å²) < 4.78 is 6.55. The molecule has 0 aliphatic rings. The minimum Gasteiger partial charge on any atom is -0.503 e. The number of carbonyl (C=O) groups is 1. The van der Waals surface area contributed by atoms with Gasteiger partial charge in [-0.1, -0.05) is 29.8 Å². The highest BCUT2D eigenvalue weighted by molar-refractivity contribution is 6.33. The number of Topliss-reactive ketones (excluding diaryl/α,β-unsaturated/α-hetero) is 1. The Balaban J connectivity index is 2.27. The molecule has 3 rings (SSSR count). The lowest BCUT2D eigenvalue weighted by atomic mass is 10.0. The fourth-order valence-corrected chi connectivity index (χ4v) is 2.79. The van der Waals surface area contributed by atoms with E-state index < -0.39 is 17.0 Å². The highest BCUT2D eigenvalue weighted by atomic mass is 35.5. The van der Waals surface area contributed by atoms with Crippen LogP contribution in [0.25, 0.3) is 16.8 Å². The van der Waals surface area contributed by atoms with Crippen LogP contribution >= 0.6 is 11.6 Å². The first kappa shape index (κ1) is 17.7. The van der Waals surface area contributed by atoms with E-state index in [1.165, 1.54) is 17.8 Å². The Morgan fingerprint density at radius 2 is 1.92 bits per heavy atom. The maximum absolute atomic E-state index is 11.9. The summed E-state index contributed by atoms with van der Waals surface area (Å²) in [5.41, 5.74) is 0.787. The second-order valence-corrected chi connectivity index (χ2v) is 5.96. The van der Waals surface area contributed by atoms with E-state index in [0.29, 0.717) is 27.6 Å². The Hall–Kier alpha value is -3.12. The fourth-order valence-electron chi connectivity index (χ4n) is 2.57. The van der Waals surface area contributed by atoms with Crippen molar-refractivity contribution in [2.24, 2.45) is 0 Å². The summed E-state index contributed by atoms with van der Waals surface area (Å²) in [5, 5.41) is 14.5. The number of ether oxygens (including phenoxy) is 1. The van der Waals surface area contributed by atoms with Crippen molar-refractivity contribution in [3.63, 3.8) is 0 Å². The van der Waals surface area contributed by atoms with E-state index in [0.717, 1.165) is 0 Å². The average Bonchev–Trinajstić information content (AvgIpc) is 2.64. The van der Waals surface area contributed by atoms with Crippen LogP contribution in [0.2, 0.25) is 5.02 Å². The van der Waals surface area contributed by atoms with E-state index in [2.05, 4.69) is 5.10 Å². The summed E-state index contributed by atoms with van der Waals surface area (Å²) in [6, 6.07) is 12.4. The molecule has 0 saturated heterocycles. The number of benzene rings is 2. The third-order valence-corrected chi connectivity index (χ3v) is 4.18. The van der Waals surface area contributed by atoms with Crippen LogP contribution in [0.3, 0.4) is 0 Å². The van der Waals surface area contributed by atoms with Gasteiger partial charge < -0.3 is 9.84 Å². The average molecular weight is 371 g/mol. The van der Waals surface area contributed by atoms with Crippen LogP contribution in [0.1, 0.15) is 17.4 Å². The lowest BCUT2D eigenvalue weighted by Gasteiger charge is -2.14. The predicted molar refractivity (Wildman–Crippen MR) is 98.5 cm³/mol. The fraction of sp³-hybridized carbons (Fsp3) is 0.105. The smallest absolute Gasteiger partial charge is 0.252 e. The van der Waals surface area contributed by atoms with E-state index in [9.17, 15) is 14.7 Å². The number of halogens is 1. The van der Waals surface area contributed by atoms with Crippen molar-refractivity contribution in [3.05, 3.63) is 69.6 Å². The predicted octanol–water partition coefficient (Wildman–Crippen LogP) is 3.47. The molecule has 0 spiro atoms. The Morgan fingerprint density at radius 1 is 1.19 bits per heavy atom. The molecule has 0 radical (unpaired) electrons. The largest absolute Gasteiger partial charge is 0.503 e. The van der Waals surface area contributed by atoms with Crippen LogP contribution < -0.4 is 10.2 Å². The SMILES string of the molecule is COc1ccc(Cl)c(-c2ccccc2-n2cc(O)c(=O)c(C(C)=O)n2)c1. The van der Waals surface area contributed by atoms with Gasteiger partial charge in [-0.05, 0) is 24.3 Å². The van der Waals surface area contributed by atoms with Gasteiger partial charge in [0.2, 0.25) is 0 Å². The number of carbonyl (C=O) groups excluding carboxylic acids is 1. The van der Waals surface area contributed by atoms with E-state index in [1.807, 2.05) is 12.1 Å². The van der Waals surface area contributed by atoms with Gasteiger partial charge in [-0.15, -0.1) is 0 Å². The molecule has 0 fully saturated rings. The van der Waals surface area contributed by atoms with Gasteiger partial charge in [0.1, 0.15) is 5.75 Å². The maximum atomic E-state index is 11.9. The highest BCUT2D eigenvalue weighted by Crippen LogP contribution is 2.35. The molecule has 1 N–H and O–H groups in total. The first-order valence-electron chi connectivity index (χ1n) is 7.69. The number of para-hydroxylation sites is 1. The minimum absolute atomic E-state index is 0.337. The zero-order valence-electron chi connectivity index (χ0n) is 14.1. The lowest BCUT2D eigenvalue weighted by Crippen LogP contribution is -2.20. The van der Waals surface area contributed by atoms with Gasteiger partial charge in [-0.3, -0.25) is 9.59 Å². The highest BCUT2D eigenvalue weighted by Gasteiger charge is 2.16. The van der Waals surface area contributed by atoms with Crippen LogP contribution in [-0.4, -0.2) is 27.8 Å². The topological polar surface area (TPSA) is 81.4 Å². The minimum atomic E-state index is -0.800. The van der Waals surface area contributed by atoms with E-state index in [1.54, 1.807) is 37.4 Å². The molecule has 6 nitrogen and oxygen atoms in total. The summed E-state index contributed by atoms with van der Waals surface area (Å²) in [6.45, 7) is 1.22. The third kappa shape index (κ3) is 3.19. The molecular weight excluding hydrogens is 356 g/mol. The first-order valence-corrected chi connectivity index (χ1v) is 8.07. The molecule has 0 bridgehead atoms. The second-order valence-electron chi connectivity index (χ2n) is 5.56. The summed E-state index contributed by atoms with van der Waals surface area (Å²) in [5.74, 6) is -0.465. The molecule has 1 aromatic heterocycles. The van der Waals surface area contributed by atoms with Crippen LogP contribution in [0.15, 0.2) is 53.5 Å². The van der Waals surface area contributed by atoms with E-state index >= 15 is 0 Å².